The molecule has 2 rings (SSSR count). The van der Waals surface area contributed by atoms with Crippen LogP contribution in [-0.4, -0.2) is 16.1 Å². The number of hydrogen-bond donors (Lipinski definition) is 1. The summed E-state index contributed by atoms with van der Waals surface area (Å²) in [6.45, 7) is 0. The molecule has 0 saturated heterocycles. The SMILES string of the molecule is O=C(O)c1cc(F)cnc1-c1c(F)c(F)c(F)c(F)c1F. The van der Waals surface area contributed by atoms with Crippen LogP contribution >= 0.6 is 0 Å². The number of pyridine rings is 1. The molecule has 3 nitrogen and oxygen atoms in total. The Morgan fingerprint density at radius 3 is 1.86 bits per heavy atom. The second-order valence-electron chi connectivity index (χ2n) is 3.80. The van der Waals surface area contributed by atoms with Gasteiger partial charge < -0.3 is 5.11 Å². The lowest BCUT2D eigenvalue weighted by molar-refractivity contribution is 0.0696. The second-order valence-corrected chi connectivity index (χ2v) is 3.80. The molecule has 0 aliphatic carbocycles. The highest BCUT2D eigenvalue weighted by Crippen LogP contribution is 2.32. The first-order chi connectivity index (χ1) is 9.75. The number of hydrogen-bond acceptors (Lipinski definition) is 2. The average molecular weight is 307 g/mol. The van der Waals surface area contributed by atoms with E-state index in [0.29, 0.717) is 12.3 Å². The van der Waals surface area contributed by atoms with E-state index in [1.54, 1.807) is 0 Å². The van der Waals surface area contributed by atoms with E-state index < -0.39 is 57.7 Å². The van der Waals surface area contributed by atoms with E-state index in [4.69, 9.17) is 5.11 Å². The molecule has 1 aromatic heterocycles. The summed E-state index contributed by atoms with van der Waals surface area (Å²) >= 11 is 0. The van der Waals surface area contributed by atoms with E-state index in [-0.39, 0.29) is 0 Å². The van der Waals surface area contributed by atoms with Crippen molar-refractivity contribution >= 4 is 5.97 Å². The van der Waals surface area contributed by atoms with Crippen molar-refractivity contribution in [2.45, 2.75) is 0 Å². The minimum absolute atomic E-state index is 0.350. The van der Waals surface area contributed by atoms with E-state index in [2.05, 4.69) is 4.98 Å². The number of benzene rings is 1. The monoisotopic (exact) mass is 307 g/mol. The van der Waals surface area contributed by atoms with Crippen LogP contribution < -0.4 is 0 Å². The third-order valence-electron chi connectivity index (χ3n) is 2.53. The lowest BCUT2D eigenvalue weighted by Gasteiger charge is -2.10. The summed E-state index contributed by atoms with van der Waals surface area (Å²) in [4.78, 5) is 14.0. The minimum atomic E-state index is -2.40. The zero-order valence-electron chi connectivity index (χ0n) is 9.73. The number of carboxylic acids is 1. The summed E-state index contributed by atoms with van der Waals surface area (Å²) in [5, 5.41) is 8.81. The lowest BCUT2D eigenvalue weighted by atomic mass is 10.0. The Morgan fingerprint density at radius 1 is 0.905 bits per heavy atom. The molecule has 0 fully saturated rings. The first-order valence-electron chi connectivity index (χ1n) is 5.16. The molecule has 2 aromatic rings. The largest absolute Gasteiger partial charge is 0.478 e. The molecule has 110 valence electrons. The smallest absolute Gasteiger partial charge is 0.338 e. The maximum absolute atomic E-state index is 13.6. The number of nitrogens with zero attached hydrogens (tertiary/aromatic N) is 1. The van der Waals surface area contributed by atoms with E-state index >= 15 is 0 Å². The van der Waals surface area contributed by atoms with Gasteiger partial charge in [0.25, 0.3) is 0 Å². The Labute approximate surface area is 112 Å². The predicted molar refractivity (Wildman–Crippen MR) is 56.4 cm³/mol. The molecule has 0 unspecified atom stereocenters. The molecular formula is C12H3F6NO2. The van der Waals surface area contributed by atoms with E-state index in [1.807, 2.05) is 0 Å². The summed E-state index contributed by atoms with van der Waals surface area (Å²) < 4.78 is 79.2. The zero-order chi connectivity index (χ0) is 15.9. The van der Waals surface area contributed by atoms with Crippen LogP contribution in [0.5, 0.6) is 0 Å². The highest BCUT2D eigenvalue weighted by atomic mass is 19.2. The van der Waals surface area contributed by atoms with Crippen molar-refractivity contribution in [1.82, 2.24) is 4.98 Å². The van der Waals surface area contributed by atoms with Crippen LogP contribution in [0.25, 0.3) is 11.3 Å². The predicted octanol–water partition coefficient (Wildman–Crippen LogP) is 3.28. The summed E-state index contributed by atoms with van der Waals surface area (Å²) in [6.07, 6.45) is 0.389. The fourth-order valence-electron chi connectivity index (χ4n) is 1.61. The first-order valence-corrected chi connectivity index (χ1v) is 5.16. The van der Waals surface area contributed by atoms with Crippen LogP contribution in [0.4, 0.5) is 26.3 Å². The Kier molecular flexibility index (Phi) is 3.58. The highest BCUT2D eigenvalue weighted by molar-refractivity contribution is 5.94. The summed E-state index contributed by atoms with van der Waals surface area (Å²) in [7, 11) is 0. The molecule has 0 bridgehead atoms. The molecule has 0 atom stereocenters. The van der Waals surface area contributed by atoms with Crippen LogP contribution in [0.1, 0.15) is 10.4 Å². The topological polar surface area (TPSA) is 50.2 Å². The summed E-state index contributed by atoms with van der Waals surface area (Å²) in [5.74, 6) is -14.4. The third-order valence-corrected chi connectivity index (χ3v) is 2.53. The average Bonchev–Trinajstić information content (AvgIpc) is 2.44. The fraction of sp³-hybridized carbons (Fsp3) is 0. The Balaban J connectivity index is 2.89. The van der Waals surface area contributed by atoms with Gasteiger partial charge in [-0.25, -0.2) is 31.1 Å². The van der Waals surface area contributed by atoms with Gasteiger partial charge in [0.05, 0.1) is 23.0 Å². The molecule has 1 N–H and O–H groups in total. The molecule has 0 aliphatic rings. The van der Waals surface area contributed by atoms with Gasteiger partial charge in [-0.3, -0.25) is 4.98 Å². The molecule has 1 aromatic carbocycles. The van der Waals surface area contributed by atoms with Gasteiger partial charge in [-0.15, -0.1) is 0 Å². The van der Waals surface area contributed by atoms with Crippen molar-refractivity contribution in [2.24, 2.45) is 0 Å². The first kappa shape index (κ1) is 14.8. The number of carboxylic acid groups (broad SMARTS) is 1. The third kappa shape index (κ3) is 2.30. The molecule has 0 aliphatic heterocycles. The van der Waals surface area contributed by atoms with E-state index in [9.17, 15) is 31.1 Å². The Morgan fingerprint density at radius 2 is 1.38 bits per heavy atom. The number of halogens is 6. The number of aromatic carboxylic acids is 1. The van der Waals surface area contributed by atoms with Crippen LogP contribution in [-0.2, 0) is 0 Å². The van der Waals surface area contributed by atoms with Crippen molar-refractivity contribution in [2.75, 3.05) is 0 Å². The molecule has 1 heterocycles. The van der Waals surface area contributed by atoms with Crippen molar-refractivity contribution in [1.29, 1.82) is 0 Å². The maximum Gasteiger partial charge on any atom is 0.338 e. The van der Waals surface area contributed by atoms with Gasteiger partial charge >= 0.3 is 5.97 Å². The number of carbonyl (C=O) groups is 1. The molecule has 0 spiro atoms. The Hall–Kier alpha value is -2.58. The standard InChI is InChI=1S/C12H3F6NO2/c13-3-1-4(12(20)21)11(19-2-3)5-6(14)8(16)10(18)9(17)7(5)15/h1-2H,(H,20,21). The molecule has 0 amide bonds. The van der Waals surface area contributed by atoms with Crippen molar-refractivity contribution in [3.8, 4) is 11.3 Å². The van der Waals surface area contributed by atoms with E-state index in [0.717, 1.165) is 0 Å². The van der Waals surface area contributed by atoms with Gasteiger partial charge in [0, 0.05) is 0 Å². The zero-order valence-corrected chi connectivity index (χ0v) is 9.73. The molecule has 9 heteroatoms. The van der Waals surface area contributed by atoms with Gasteiger partial charge in [0.2, 0.25) is 5.82 Å². The number of rotatable bonds is 2. The second kappa shape index (κ2) is 5.08. The van der Waals surface area contributed by atoms with Crippen LogP contribution in [0, 0.1) is 34.9 Å². The van der Waals surface area contributed by atoms with Gasteiger partial charge in [-0.2, -0.15) is 0 Å². The number of aromatic nitrogens is 1. The molecule has 0 saturated carbocycles. The summed E-state index contributed by atoms with van der Waals surface area (Å²) in [5.41, 5.74) is -3.65. The van der Waals surface area contributed by atoms with Gasteiger partial charge in [0.15, 0.2) is 23.3 Å². The van der Waals surface area contributed by atoms with Crippen molar-refractivity contribution in [3.05, 3.63) is 52.7 Å². The minimum Gasteiger partial charge on any atom is -0.478 e. The fourth-order valence-corrected chi connectivity index (χ4v) is 1.61. The molecular weight excluding hydrogens is 304 g/mol. The van der Waals surface area contributed by atoms with E-state index in [1.165, 1.54) is 0 Å². The quantitative estimate of drug-likeness (QED) is 0.526. The van der Waals surface area contributed by atoms with Crippen molar-refractivity contribution < 1.29 is 36.2 Å². The van der Waals surface area contributed by atoms with Crippen molar-refractivity contribution in [3.63, 3.8) is 0 Å². The highest BCUT2D eigenvalue weighted by Gasteiger charge is 2.30. The summed E-state index contributed by atoms with van der Waals surface area (Å²) in [6, 6.07) is 0.350. The molecule has 21 heavy (non-hydrogen) atoms. The Bertz CT molecular complexity index is 733. The van der Waals surface area contributed by atoms with Gasteiger partial charge in [-0.1, -0.05) is 0 Å². The van der Waals surface area contributed by atoms with Crippen LogP contribution in [0.3, 0.4) is 0 Å². The van der Waals surface area contributed by atoms with Crippen LogP contribution in [0.2, 0.25) is 0 Å². The maximum atomic E-state index is 13.6. The lowest BCUT2D eigenvalue weighted by Crippen LogP contribution is -2.09. The molecule has 0 radical (unpaired) electrons. The normalized spacial score (nSPS) is 10.8. The van der Waals surface area contributed by atoms with Gasteiger partial charge in [-0.05, 0) is 6.07 Å². The van der Waals surface area contributed by atoms with Crippen LogP contribution in [0.15, 0.2) is 12.3 Å². The van der Waals surface area contributed by atoms with Gasteiger partial charge in [0.1, 0.15) is 5.82 Å².